The SMILES string of the molecule is COc1ccc(CSc2cc3cnn(C(=O)OC(C)(C)C)c3cn2)cc1. The van der Waals surface area contributed by atoms with Crippen molar-refractivity contribution in [1.82, 2.24) is 14.8 Å². The van der Waals surface area contributed by atoms with Crippen molar-refractivity contribution in [2.75, 3.05) is 7.11 Å². The molecule has 0 aliphatic rings. The zero-order valence-electron chi connectivity index (χ0n) is 15.2. The number of methoxy groups -OCH3 is 1. The molecule has 3 rings (SSSR count). The topological polar surface area (TPSA) is 66.2 Å². The van der Waals surface area contributed by atoms with Gasteiger partial charge in [-0.3, -0.25) is 0 Å². The van der Waals surface area contributed by atoms with Crippen molar-refractivity contribution in [3.63, 3.8) is 0 Å². The number of carbonyl (C=O) groups is 1. The Kier molecular flexibility index (Phi) is 5.18. The molecule has 136 valence electrons. The molecule has 2 aromatic heterocycles. The number of nitrogens with zero attached hydrogens (tertiary/aromatic N) is 3. The van der Waals surface area contributed by atoms with Crippen molar-refractivity contribution >= 4 is 28.8 Å². The Morgan fingerprint density at radius 3 is 2.58 bits per heavy atom. The minimum absolute atomic E-state index is 0.507. The van der Waals surface area contributed by atoms with Gasteiger partial charge in [-0.1, -0.05) is 12.1 Å². The van der Waals surface area contributed by atoms with Gasteiger partial charge in [-0.15, -0.1) is 11.8 Å². The second-order valence-corrected chi connectivity index (χ2v) is 7.75. The van der Waals surface area contributed by atoms with E-state index in [9.17, 15) is 4.79 Å². The molecule has 0 amide bonds. The molecule has 0 saturated heterocycles. The lowest BCUT2D eigenvalue weighted by molar-refractivity contribution is 0.0522. The molecule has 6 nitrogen and oxygen atoms in total. The first kappa shape index (κ1) is 18.3. The normalized spacial score (nSPS) is 11.5. The molecular formula is C19H21N3O3S. The Balaban J connectivity index is 1.72. The highest BCUT2D eigenvalue weighted by Gasteiger charge is 2.20. The third-order valence-corrected chi connectivity index (χ3v) is 4.54. The summed E-state index contributed by atoms with van der Waals surface area (Å²) < 4.78 is 11.8. The lowest BCUT2D eigenvalue weighted by atomic mass is 10.2. The fourth-order valence-electron chi connectivity index (χ4n) is 2.31. The van der Waals surface area contributed by atoms with Gasteiger partial charge in [0.2, 0.25) is 0 Å². The molecule has 0 aliphatic carbocycles. The van der Waals surface area contributed by atoms with E-state index in [0.717, 1.165) is 21.9 Å². The average molecular weight is 371 g/mol. The van der Waals surface area contributed by atoms with E-state index < -0.39 is 11.7 Å². The molecular weight excluding hydrogens is 350 g/mol. The Hall–Kier alpha value is -2.54. The van der Waals surface area contributed by atoms with Crippen molar-refractivity contribution in [2.24, 2.45) is 0 Å². The maximum Gasteiger partial charge on any atom is 0.435 e. The number of thioether (sulfide) groups is 1. The first-order valence-electron chi connectivity index (χ1n) is 8.18. The van der Waals surface area contributed by atoms with Crippen molar-refractivity contribution in [1.29, 1.82) is 0 Å². The number of aromatic nitrogens is 3. The Morgan fingerprint density at radius 1 is 1.19 bits per heavy atom. The van der Waals surface area contributed by atoms with Crippen LogP contribution in [-0.4, -0.2) is 33.6 Å². The lowest BCUT2D eigenvalue weighted by Gasteiger charge is -2.19. The minimum atomic E-state index is -0.572. The quantitative estimate of drug-likeness (QED) is 0.629. The second kappa shape index (κ2) is 7.37. The van der Waals surface area contributed by atoms with Gasteiger partial charge in [0.05, 0.1) is 30.0 Å². The van der Waals surface area contributed by atoms with Crippen LogP contribution >= 0.6 is 11.8 Å². The van der Waals surface area contributed by atoms with Crippen LogP contribution < -0.4 is 4.74 Å². The zero-order chi connectivity index (χ0) is 18.7. The first-order chi connectivity index (χ1) is 12.4. The molecule has 1 aromatic carbocycles. The number of fused-ring (bicyclic) bond motifs is 1. The lowest BCUT2D eigenvalue weighted by Crippen LogP contribution is -2.27. The third kappa shape index (κ3) is 4.35. The average Bonchev–Trinajstić information content (AvgIpc) is 3.02. The van der Waals surface area contributed by atoms with Crippen molar-refractivity contribution in [3.05, 3.63) is 48.3 Å². The predicted octanol–water partition coefficient (Wildman–Crippen LogP) is 4.52. The van der Waals surface area contributed by atoms with Crippen molar-refractivity contribution in [3.8, 4) is 5.75 Å². The predicted molar refractivity (Wildman–Crippen MR) is 102 cm³/mol. The van der Waals surface area contributed by atoms with Gasteiger partial charge < -0.3 is 9.47 Å². The van der Waals surface area contributed by atoms with Crippen molar-refractivity contribution < 1.29 is 14.3 Å². The summed E-state index contributed by atoms with van der Waals surface area (Å²) in [6.07, 6.45) is 2.80. The van der Waals surface area contributed by atoms with Crippen LogP contribution in [0.5, 0.6) is 5.75 Å². The molecule has 7 heteroatoms. The van der Waals surface area contributed by atoms with Gasteiger partial charge in [0.1, 0.15) is 11.4 Å². The molecule has 0 aliphatic heterocycles. The largest absolute Gasteiger partial charge is 0.497 e. The van der Waals surface area contributed by atoms with Crippen molar-refractivity contribution in [2.45, 2.75) is 37.2 Å². The van der Waals surface area contributed by atoms with Gasteiger partial charge in [-0.25, -0.2) is 9.78 Å². The summed E-state index contributed by atoms with van der Waals surface area (Å²) in [4.78, 5) is 16.7. The van der Waals surface area contributed by atoms with Crippen LogP contribution in [0.15, 0.2) is 47.8 Å². The molecule has 0 fully saturated rings. The summed E-state index contributed by atoms with van der Waals surface area (Å²) in [5.74, 6) is 1.63. The highest BCUT2D eigenvalue weighted by atomic mass is 32.2. The smallest absolute Gasteiger partial charge is 0.435 e. The molecule has 0 unspecified atom stereocenters. The Labute approximate surface area is 156 Å². The summed E-state index contributed by atoms with van der Waals surface area (Å²) in [7, 11) is 1.65. The third-order valence-electron chi connectivity index (χ3n) is 3.54. The number of benzene rings is 1. The number of ether oxygens (including phenoxy) is 2. The molecule has 0 bridgehead atoms. The summed E-state index contributed by atoms with van der Waals surface area (Å²) >= 11 is 1.62. The van der Waals surface area contributed by atoms with Crippen LogP contribution in [0, 0.1) is 0 Å². The molecule has 2 heterocycles. The Bertz CT molecular complexity index is 914. The van der Waals surface area contributed by atoms with Gasteiger partial charge in [-0.2, -0.15) is 9.78 Å². The van der Waals surface area contributed by atoms with Crippen LogP contribution in [0.4, 0.5) is 4.79 Å². The Morgan fingerprint density at radius 2 is 1.92 bits per heavy atom. The van der Waals surface area contributed by atoms with Gasteiger partial charge in [0.15, 0.2) is 0 Å². The van der Waals surface area contributed by atoms with E-state index in [1.807, 2.05) is 51.1 Å². The summed E-state index contributed by atoms with van der Waals surface area (Å²) in [6, 6.07) is 9.88. The molecule has 26 heavy (non-hydrogen) atoms. The number of pyridine rings is 1. The molecule has 0 radical (unpaired) electrons. The highest BCUT2D eigenvalue weighted by Crippen LogP contribution is 2.25. The first-order valence-corrected chi connectivity index (χ1v) is 9.17. The fourth-order valence-corrected chi connectivity index (χ4v) is 3.16. The van der Waals surface area contributed by atoms with E-state index in [4.69, 9.17) is 9.47 Å². The standard InChI is InChI=1S/C19H21N3O3S/c1-19(2,3)25-18(23)22-16-11-20-17(9-14(16)10-21-22)26-12-13-5-7-15(24-4)8-6-13/h5-11H,12H2,1-4H3. The number of carbonyl (C=O) groups excluding carboxylic acids is 1. The van der Waals surface area contributed by atoms with E-state index in [-0.39, 0.29) is 0 Å². The van der Waals surface area contributed by atoms with Crippen LogP contribution in [0.3, 0.4) is 0 Å². The van der Waals surface area contributed by atoms with Gasteiger partial charge >= 0.3 is 6.09 Å². The van der Waals surface area contributed by atoms with Crippen LogP contribution in [0.25, 0.3) is 10.9 Å². The maximum atomic E-state index is 12.2. The zero-order valence-corrected chi connectivity index (χ0v) is 16.0. The van der Waals surface area contributed by atoms with Gasteiger partial charge in [-0.05, 0) is 44.5 Å². The van der Waals surface area contributed by atoms with Gasteiger partial charge in [0.25, 0.3) is 0 Å². The summed E-state index contributed by atoms with van der Waals surface area (Å²) in [5.41, 5.74) is 1.24. The minimum Gasteiger partial charge on any atom is -0.497 e. The number of rotatable bonds is 4. The van der Waals surface area contributed by atoms with Crippen LogP contribution in [0.2, 0.25) is 0 Å². The number of hydrogen-bond donors (Lipinski definition) is 0. The molecule has 0 atom stereocenters. The van der Waals surface area contributed by atoms with E-state index in [0.29, 0.717) is 5.52 Å². The summed E-state index contributed by atoms with van der Waals surface area (Å²) in [5, 5.41) is 5.86. The van der Waals surface area contributed by atoms with E-state index in [1.54, 1.807) is 31.3 Å². The molecule has 0 spiro atoms. The molecule has 3 aromatic rings. The summed E-state index contributed by atoms with van der Waals surface area (Å²) in [6.45, 7) is 5.47. The van der Waals surface area contributed by atoms with E-state index >= 15 is 0 Å². The molecule has 0 N–H and O–H groups in total. The second-order valence-electron chi connectivity index (χ2n) is 6.75. The van der Waals surface area contributed by atoms with E-state index in [2.05, 4.69) is 10.1 Å². The molecule has 0 saturated carbocycles. The van der Waals surface area contributed by atoms with Crippen LogP contribution in [0.1, 0.15) is 26.3 Å². The fraction of sp³-hybridized carbons (Fsp3) is 0.316. The number of hydrogen-bond acceptors (Lipinski definition) is 6. The van der Waals surface area contributed by atoms with Gasteiger partial charge in [0, 0.05) is 11.1 Å². The monoisotopic (exact) mass is 371 g/mol. The van der Waals surface area contributed by atoms with Crippen LogP contribution in [-0.2, 0) is 10.5 Å². The van der Waals surface area contributed by atoms with E-state index in [1.165, 1.54) is 10.2 Å². The maximum absolute atomic E-state index is 12.2. The highest BCUT2D eigenvalue weighted by molar-refractivity contribution is 7.98.